The largest absolute Gasteiger partial charge is 0.372 e. The Bertz CT molecular complexity index is 647. The van der Waals surface area contributed by atoms with Crippen LogP contribution in [0.2, 0.25) is 0 Å². The van der Waals surface area contributed by atoms with E-state index in [0.717, 1.165) is 0 Å². The Morgan fingerprint density at radius 1 is 1.33 bits per heavy atom. The summed E-state index contributed by atoms with van der Waals surface area (Å²) in [6.07, 6.45) is 1.34. The molecule has 21 heavy (non-hydrogen) atoms. The Balaban J connectivity index is 2.19. The van der Waals surface area contributed by atoms with E-state index in [1.807, 2.05) is 25.1 Å². The third kappa shape index (κ3) is 3.98. The van der Waals surface area contributed by atoms with E-state index in [-0.39, 0.29) is 12.2 Å². The average molecular weight is 280 g/mol. The van der Waals surface area contributed by atoms with Gasteiger partial charge in [-0.15, -0.1) is 0 Å². The molecule has 1 atom stereocenters. The smallest absolute Gasteiger partial charge is 0.165 e. The molecule has 0 N–H and O–H groups in total. The third-order valence-electron chi connectivity index (χ3n) is 3.07. The summed E-state index contributed by atoms with van der Waals surface area (Å²) >= 11 is 0. The molecule has 0 aliphatic carbocycles. The molecule has 0 radical (unpaired) electrons. The van der Waals surface area contributed by atoms with Crippen LogP contribution in [0.5, 0.6) is 0 Å². The number of nitriles is 1. The van der Waals surface area contributed by atoms with Crippen LogP contribution in [0.15, 0.2) is 48.7 Å². The monoisotopic (exact) mass is 280 g/mol. The third-order valence-corrected chi connectivity index (χ3v) is 3.07. The minimum atomic E-state index is -0.434. The number of nitrogens with zero attached hydrogens (tertiary/aromatic N) is 2. The van der Waals surface area contributed by atoms with Crippen molar-refractivity contribution in [1.82, 2.24) is 4.98 Å². The fraction of sp³-hybridized carbons (Fsp3) is 0.235. The van der Waals surface area contributed by atoms with Gasteiger partial charge in [-0.25, -0.2) is 0 Å². The first-order chi connectivity index (χ1) is 10.2. The zero-order valence-electron chi connectivity index (χ0n) is 11.8. The molecule has 106 valence electrons. The van der Waals surface area contributed by atoms with Gasteiger partial charge in [-0.3, -0.25) is 9.78 Å². The first-order valence-electron chi connectivity index (χ1n) is 6.80. The van der Waals surface area contributed by atoms with E-state index >= 15 is 0 Å². The number of pyridine rings is 1. The van der Waals surface area contributed by atoms with Crippen LogP contribution in [0.25, 0.3) is 0 Å². The molecular weight excluding hydrogens is 264 g/mol. The number of hydrogen-bond acceptors (Lipinski definition) is 4. The molecule has 0 saturated heterocycles. The maximum absolute atomic E-state index is 12.3. The molecular formula is C17H16N2O2. The fourth-order valence-electron chi connectivity index (χ4n) is 2.05. The zero-order valence-corrected chi connectivity index (χ0v) is 11.8. The van der Waals surface area contributed by atoms with Gasteiger partial charge in [0.25, 0.3) is 0 Å². The lowest BCUT2D eigenvalue weighted by Gasteiger charge is -2.16. The van der Waals surface area contributed by atoms with Crippen molar-refractivity contribution in [2.24, 2.45) is 0 Å². The van der Waals surface area contributed by atoms with Crippen molar-refractivity contribution in [3.05, 3.63) is 65.5 Å². The van der Waals surface area contributed by atoms with Crippen LogP contribution in [0.1, 0.15) is 41.1 Å². The van der Waals surface area contributed by atoms with Crippen LogP contribution in [0, 0.1) is 11.3 Å². The molecule has 4 nitrogen and oxygen atoms in total. The van der Waals surface area contributed by atoms with Crippen LogP contribution >= 0.6 is 0 Å². The van der Waals surface area contributed by atoms with Crippen molar-refractivity contribution in [2.45, 2.75) is 19.4 Å². The summed E-state index contributed by atoms with van der Waals surface area (Å²) < 4.78 is 5.63. The average Bonchev–Trinajstić information content (AvgIpc) is 2.55. The Morgan fingerprint density at radius 3 is 2.76 bits per heavy atom. The second kappa shape index (κ2) is 7.32. The van der Waals surface area contributed by atoms with Crippen molar-refractivity contribution in [3.63, 3.8) is 0 Å². The number of benzene rings is 1. The van der Waals surface area contributed by atoms with E-state index in [2.05, 4.69) is 11.1 Å². The highest BCUT2D eigenvalue weighted by atomic mass is 16.5. The molecule has 0 aliphatic heterocycles. The van der Waals surface area contributed by atoms with Crippen molar-refractivity contribution < 1.29 is 9.53 Å². The van der Waals surface area contributed by atoms with Crippen molar-refractivity contribution in [1.29, 1.82) is 5.26 Å². The van der Waals surface area contributed by atoms with E-state index in [9.17, 15) is 4.79 Å². The zero-order chi connectivity index (χ0) is 15.1. The molecule has 0 saturated carbocycles. The lowest BCUT2D eigenvalue weighted by atomic mass is 10.0. The molecule has 0 aliphatic rings. The van der Waals surface area contributed by atoms with Gasteiger partial charge in [-0.05, 0) is 19.1 Å². The van der Waals surface area contributed by atoms with Crippen LogP contribution < -0.4 is 0 Å². The van der Waals surface area contributed by atoms with E-state index in [1.165, 1.54) is 0 Å². The molecule has 1 aromatic heterocycles. The van der Waals surface area contributed by atoms with Gasteiger partial charge in [-0.1, -0.05) is 30.3 Å². The van der Waals surface area contributed by atoms with E-state index in [4.69, 9.17) is 10.00 Å². The first-order valence-corrected chi connectivity index (χ1v) is 6.80. The lowest BCUT2D eigenvalue weighted by molar-refractivity contribution is 0.0484. The molecule has 0 fully saturated rings. The molecule has 0 amide bonds. The van der Waals surface area contributed by atoms with Crippen LogP contribution in [-0.4, -0.2) is 17.4 Å². The van der Waals surface area contributed by atoms with Gasteiger partial charge >= 0.3 is 0 Å². The van der Waals surface area contributed by atoms with E-state index in [0.29, 0.717) is 23.4 Å². The van der Waals surface area contributed by atoms with Gasteiger partial charge in [0.1, 0.15) is 6.10 Å². The molecule has 2 rings (SSSR count). The van der Waals surface area contributed by atoms with Gasteiger partial charge in [-0.2, -0.15) is 5.26 Å². The van der Waals surface area contributed by atoms with E-state index in [1.54, 1.807) is 30.5 Å². The molecule has 1 heterocycles. The second-order valence-electron chi connectivity index (χ2n) is 4.52. The first kappa shape index (κ1) is 14.9. The number of rotatable bonds is 6. The minimum absolute atomic E-state index is 0.00166. The number of hydrogen-bond donors (Lipinski definition) is 0. The van der Waals surface area contributed by atoms with Crippen molar-refractivity contribution in [2.75, 3.05) is 6.61 Å². The predicted octanol–water partition coefficient (Wildman–Crippen LogP) is 3.30. The highest BCUT2D eigenvalue weighted by molar-refractivity contribution is 5.96. The quantitative estimate of drug-likeness (QED) is 0.761. The summed E-state index contributed by atoms with van der Waals surface area (Å²) in [5, 5.41) is 8.95. The predicted molar refractivity (Wildman–Crippen MR) is 78.7 cm³/mol. The molecule has 1 aromatic carbocycles. The Hall–Kier alpha value is -2.51. The van der Waals surface area contributed by atoms with Crippen LogP contribution in [0.3, 0.4) is 0 Å². The highest BCUT2D eigenvalue weighted by Gasteiger charge is 2.19. The summed E-state index contributed by atoms with van der Waals surface area (Å²) in [5.74, 6) is -0.00166. The molecule has 2 aromatic rings. The Morgan fingerprint density at radius 2 is 2.10 bits per heavy atom. The lowest BCUT2D eigenvalue weighted by Crippen LogP contribution is -2.12. The Kier molecular flexibility index (Phi) is 5.19. The number of carbonyl (C=O) groups excluding carboxylic acids is 1. The van der Waals surface area contributed by atoms with Gasteiger partial charge in [0, 0.05) is 24.8 Å². The van der Waals surface area contributed by atoms with Gasteiger partial charge in [0.05, 0.1) is 17.3 Å². The SMILES string of the molecule is CCOC(CC(=O)c1ccccc1)c1cc(C#N)ccn1. The van der Waals surface area contributed by atoms with Crippen LogP contribution in [0.4, 0.5) is 0 Å². The van der Waals surface area contributed by atoms with Crippen LogP contribution in [-0.2, 0) is 4.74 Å². The molecule has 1 unspecified atom stereocenters. The summed E-state index contributed by atoms with van der Waals surface area (Å²) in [4.78, 5) is 16.5. The summed E-state index contributed by atoms with van der Waals surface area (Å²) in [7, 11) is 0. The molecule has 0 bridgehead atoms. The van der Waals surface area contributed by atoms with Gasteiger partial charge in [0.2, 0.25) is 0 Å². The number of ketones is 1. The molecule has 0 spiro atoms. The Labute approximate surface area is 124 Å². The molecule has 4 heteroatoms. The van der Waals surface area contributed by atoms with E-state index < -0.39 is 6.10 Å². The number of ether oxygens (including phenoxy) is 1. The normalized spacial score (nSPS) is 11.6. The number of carbonyl (C=O) groups is 1. The summed E-state index contributed by atoms with van der Waals surface area (Å²) in [6, 6.07) is 14.5. The standard InChI is InChI=1S/C17H16N2O2/c1-2-21-17(15-10-13(12-18)8-9-19-15)11-16(20)14-6-4-3-5-7-14/h3-10,17H,2,11H2,1H3. The maximum atomic E-state index is 12.3. The minimum Gasteiger partial charge on any atom is -0.372 e. The number of aromatic nitrogens is 1. The van der Waals surface area contributed by atoms with Gasteiger partial charge < -0.3 is 4.74 Å². The fourth-order valence-corrected chi connectivity index (χ4v) is 2.05. The number of Topliss-reactive ketones (excluding diaryl/α,β-unsaturated/α-hetero) is 1. The topological polar surface area (TPSA) is 63.0 Å². The summed E-state index contributed by atoms with van der Waals surface area (Å²) in [6.45, 7) is 2.35. The van der Waals surface area contributed by atoms with Crippen molar-refractivity contribution >= 4 is 5.78 Å². The van der Waals surface area contributed by atoms with Crippen molar-refractivity contribution in [3.8, 4) is 6.07 Å². The second-order valence-corrected chi connectivity index (χ2v) is 4.52. The maximum Gasteiger partial charge on any atom is 0.165 e. The summed E-state index contributed by atoms with van der Waals surface area (Å²) in [5.41, 5.74) is 1.77. The van der Waals surface area contributed by atoms with Gasteiger partial charge in [0.15, 0.2) is 5.78 Å². The highest BCUT2D eigenvalue weighted by Crippen LogP contribution is 2.22.